The molecule has 1 aromatic rings. The first kappa shape index (κ1) is 13.0. The predicted molar refractivity (Wildman–Crippen MR) is 67.1 cm³/mol. The normalized spacial score (nSPS) is 20.9. The minimum Gasteiger partial charge on any atom is -0.478 e. The van der Waals surface area contributed by atoms with Crippen molar-refractivity contribution in [2.24, 2.45) is 0 Å². The highest BCUT2D eigenvalue weighted by Gasteiger charge is 2.19. The summed E-state index contributed by atoms with van der Waals surface area (Å²) < 4.78 is 13.6. The lowest BCUT2D eigenvalue weighted by Crippen LogP contribution is -2.36. The number of rotatable bonds is 3. The smallest absolute Gasteiger partial charge is 0.338 e. The predicted octanol–water partition coefficient (Wildman–Crippen LogP) is 2.90. The molecule has 0 amide bonds. The molecule has 1 aromatic carbocycles. The molecule has 1 aliphatic rings. The summed E-state index contributed by atoms with van der Waals surface area (Å²) in [6.45, 7) is 3.91. The van der Waals surface area contributed by atoms with E-state index in [4.69, 9.17) is 5.11 Å². The molecule has 1 aliphatic heterocycles. The fourth-order valence-corrected chi connectivity index (χ4v) is 2.46. The van der Waals surface area contributed by atoms with E-state index in [1.807, 2.05) is 0 Å². The van der Waals surface area contributed by atoms with Gasteiger partial charge in [0.2, 0.25) is 0 Å². The summed E-state index contributed by atoms with van der Waals surface area (Å²) in [7, 11) is 0. The molecule has 4 heteroatoms. The molecule has 3 nitrogen and oxygen atoms in total. The average molecular weight is 251 g/mol. The van der Waals surface area contributed by atoms with Crippen LogP contribution in [0.5, 0.6) is 0 Å². The van der Waals surface area contributed by atoms with E-state index in [0.29, 0.717) is 12.6 Å². The van der Waals surface area contributed by atoms with Gasteiger partial charge in [0.25, 0.3) is 0 Å². The van der Waals surface area contributed by atoms with Gasteiger partial charge in [0.05, 0.1) is 5.56 Å². The summed E-state index contributed by atoms with van der Waals surface area (Å²) in [6.07, 6.45) is 3.61. The summed E-state index contributed by atoms with van der Waals surface area (Å²) in [6, 6.07) is 4.90. The van der Waals surface area contributed by atoms with E-state index in [0.717, 1.165) is 12.1 Å². The van der Waals surface area contributed by atoms with Gasteiger partial charge in [-0.1, -0.05) is 12.5 Å². The maximum absolute atomic E-state index is 13.6. The van der Waals surface area contributed by atoms with E-state index >= 15 is 0 Å². The highest BCUT2D eigenvalue weighted by Crippen LogP contribution is 2.20. The van der Waals surface area contributed by atoms with Crippen LogP contribution in [0.15, 0.2) is 18.2 Å². The lowest BCUT2D eigenvalue weighted by atomic mass is 10.0. The third-order valence-corrected chi connectivity index (χ3v) is 3.59. The molecule has 98 valence electrons. The number of carboxylic acid groups (broad SMARTS) is 1. The topological polar surface area (TPSA) is 40.5 Å². The van der Waals surface area contributed by atoms with Gasteiger partial charge in [-0.3, -0.25) is 4.90 Å². The second-order valence-corrected chi connectivity index (χ2v) is 4.93. The number of nitrogens with zero attached hydrogens (tertiary/aromatic N) is 1. The zero-order chi connectivity index (χ0) is 13.1. The van der Waals surface area contributed by atoms with Crippen LogP contribution < -0.4 is 0 Å². The summed E-state index contributed by atoms with van der Waals surface area (Å²) >= 11 is 0. The number of hydrogen-bond acceptors (Lipinski definition) is 2. The van der Waals surface area contributed by atoms with E-state index in [2.05, 4.69) is 11.8 Å². The van der Waals surface area contributed by atoms with Gasteiger partial charge in [0.15, 0.2) is 0 Å². The van der Waals surface area contributed by atoms with Gasteiger partial charge in [0.1, 0.15) is 5.82 Å². The van der Waals surface area contributed by atoms with Gasteiger partial charge >= 0.3 is 5.97 Å². The van der Waals surface area contributed by atoms with Crippen molar-refractivity contribution in [1.82, 2.24) is 4.90 Å². The second kappa shape index (κ2) is 5.48. The summed E-state index contributed by atoms with van der Waals surface area (Å²) in [5.41, 5.74) is 0.580. The lowest BCUT2D eigenvalue weighted by Gasteiger charge is -2.33. The number of carboxylic acids is 1. The Morgan fingerprint density at radius 3 is 2.89 bits per heavy atom. The van der Waals surface area contributed by atoms with Gasteiger partial charge < -0.3 is 5.11 Å². The van der Waals surface area contributed by atoms with Crippen LogP contribution in [0.4, 0.5) is 4.39 Å². The van der Waals surface area contributed by atoms with E-state index in [1.165, 1.54) is 31.4 Å². The van der Waals surface area contributed by atoms with Crippen LogP contribution in [0.2, 0.25) is 0 Å². The SMILES string of the molecule is CC1CCCCN1Cc1ccc(C(=O)O)c(F)c1. The third kappa shape index (κ3) is 2.88. The number of likely N-dealkylation sites (tertiary alicyclic amines) is 1. The van der Waals surface area contributed by atoms with Crippen LogP contribution in [0.3, 0.4) is 0 Å². The van der Waals surface area contributed by atoms with Crippen LogP contribution in [-0.4, -0.2) is 28.6 Å². The van der Waals surface area contributed by atoms with E-state index in [-0.39, 0.29) is 5.56 Å². The Morgan fingerprint density at radius 1 is 1.50 bits per heavy atom. The average Bonchev–Trinajstić information content (AvgIpc) is 2.32. The molecule has 0 saturated carbocycles. The van der Waals surface area contributed by atoms with Crippen molar-refractivity contribution in [2.75, 3.05) is 6.54 Å². The minimum absolute atomic E-state index is 0.259. The maximum Gasteiger partial charge on any atom is 0.338 e. The summed E-state index contributed by atoms with van der Waals surface area (Å²) in [4.78, 5) is 13.0. The molecular weight excluding hydrogens is 233 g/mol. The van der Waals surface area contributed by atoms with Gasteiger partial charge in [0, 0.05) is 12.6 Å². The van der Waals surface area contributed by atoms with Gasteiger partial charge in [-0.05, 0) is 44.0 Å². The Hall–Kier alpha value is -1.42. The van der Waals surface area contributed by atoms with Crippen molar-refractivity contribution in [2.45, 2.75) is 38.8 Å². The molecule has 1 saturated heterocycles. The lowest BCUT2D eigenvalue weighted by molar-refractivity contribution is 0.0692. The summed E-state index contributed by atoms with van der Waals surface area (Å²) in [5, 5.41) is 8.77. The number of aromatic carboxylic acids is 1. The van der Waals surface area contributed by atoms with E-state index in [1.54, 1.807) is 6.07 Å². The van der Waals surface area contributed by atoms with Crippen LogP contribution in [0.1, 0.15) is 42.1 Å². The molecule has 18 heavy (non-hydrogen) atoms. The zero-order valence-corrected chi connectivity index (χ0v) is 10.5. The zero-order valence-electron chi connectivity index (χ0n) is 10.5. The molecule has 1 heterocycles. The van der Waals surface area contributed by atoms with E-state index < -0.39 is 11.8 Å². The minimum atomic E-state index is -1.22. The molecule has 0 aromatic heterocycles. The molecule has 2 rings (SSSR count). The number of hydrogen-bond donors (Lipinski definition) is 1. The molecule has 0 radical (unpaired) electrons. The molecule has 1 atom stereocenters. The van der Waals surface area contributed by atoms with Crippen molar-refractivity contribution in [1.29, 1.82) is 0 Å². The monoisotopic (exact) mass is 251 g/mol. The highest BCUT2D eigenvalue weighted by molar-refractivity contribution is 5.87. The Balaban J connectivity index is 2.10. The molecule has 0 spiro atoms. The van der Waals surface area contributed by atoms with Crippen LogP contribution >= 0.6 is 0 Å². The number of piperidine rings is 1. The van der Waals surface area contributed by atoms with Crippen LogP contribution in [0.25, 0.3) is 0 Å². The van der Waals surface area contributed by atoms with Gasteiger partial charge in [-0.25, -0.2) is 9.18 Å². The van der Waals surface area contributed by atoms with Crippen molar-refractivity contribution >= 4 is 5.97 Å². The third-order valence-electron chi connectivity index (χ3n) is 3.59. The fraction of sp³-hybridized carbons (Fsp3) is 0.500. The molecule has 0 aliphatic carbocycles. The van der Waals surface area contributed by atoms with Crippen LogP contribution in [0, 0.1) is 5.82 Å². The van der Waals surface area contributed by atoms with Crippen LogP contribution in [-0.2, 0) is 6.54 Å². The van der Waals surface area contributed by atoms with Crippen molar-refractivity contribution in [3.05, 3.63) is 35.1 Å². The molecule has 1 fully saturated rings. The first-order valence-corrected chi connectivity index (χ1v) is 6.33. The first-order valence-electron chi connectivity index (χ1n) is 6.33. The molecular formula is C14H18FNO2. The maximum atomic E-state index is 13.6. The highest BCUT2D eigenvalue weighted by atomic mass is 19.1. The molecule has 1 unspecified atom stereocenters. The van der Waals surface area contributed by atoms with Gasteiger partial charge in [-0.15, -0.1) is 0 Å². The number of carbonyl (C=O) groups is 1. The standard InChI is InChI=1S/C14H18FNO2/c1-10-4-2-3-7-16(10)9-11-5-6-12(14(17)18)13(15)8-11/h5-6,8,10H,2-4,7,9H2,1H3,(H,17,18). The Bertz CT molecular complexity index is 447. The van der Waals surface area contributed by atoms with Gasteiger partial charge in [-0.2, -0.15) is 0 Å². The number of halogens is 1. The Labute approximate surface area is 106 Å². The Morgan fingerprint density at radius 2 is 2.28 bits per heavy atom. The molecule has 0 bridgehead atoms. The quantitative estimate of drug-likeness (QED) is 0.898. The molecule has 1 N–H and O–H groups in total. The number of benzene rings is 1. The second-order valence-electron chi connectivity index (χ2n) is 4.93. The summed E-state index contributed by atoms with van der Waals surface area (Å²) in [5.74, 6) is -1.87. The first-order chi connectivity index (χ1) is 8.58. The largest absolute Gasteiger partial charge is 0.478 e. The van der Waals surface area contributed by atoms with Crippen molar-refractivity contribution in [3.63, 3.8) is 0 Å². The van der Waals surface area contributed by atoms with Crippen molar-refractivity contribution < 1.29 is 14.3 Å². The van der Waals surface area contributed by atoms with E-state index in [9.17, 15) is 9.18 Å². The fourth-order valence-electron chi connectivity index (χ4n) is 2.46. The van der Waals surface area contributed by atoms with Crippen molar-refractivity contribution in [3.8, 4) is 0 Å². The Kier molecular flexibility index (Phi) is 3.97.